The maximum atomic E-state index is 12.6. The topological polar surface area (TPSA) is 51.2 Å². The largest absolute Gasteiger partial charge is 0.298 e. The Morgan fingerprint density at radius 2 is 1.43 bits per heavy atom. The van der Waals surface area contributed by atoms with Gasteiger partial charge in [0, 0.05) is 22.8 Å². The number of ketones is 2. The van der Waals surface area contributed by atoms with E-state index in [1.54, 1.807) is 24.3 Å². The van der Waals surface area contributed by atoms with Crippen molar-refractivity contribution in [3.05, 3.63) is 65.2 Å². The second-order valence-electron chi connectivity index (χ2n) is 5.58. The van der Waals surface area contributed by atoms with Gasteiger partial charge >= 0.3 is 0 Å². The zero-order chi connectivity index (χ0) is 16.4. The number of halogens is 1. The molecule has 0 aromatic heterocycles. The van der Waals surface area contributed by atoms with Crippen molar-refractivity contribution in [3.8, 4) is 0 Å². The van der Waals surface area contributed by atoms with Gasteiger partial charge in [-0.2, -0.15) is 0 Å². The van der Waals surface area contributed by atoms with Crippen molar-refractivity contribution in [2.45, 2.75) is 28.9 Å². The van der Waals surface area contributed by atoms with Crippen LogP contribution >= 0.6 is 11.6 Å². The predicted molar refractivity (Wildman–Crippen MR) is 90.1 cm³/mol. The van der Waals surface area contributed by atoms with Crippen molar-refractivity contribution in [3.63, 3.8) is 0 Å². The molecular formula is C18H15ClO3S. The molecule has 0 radical (unpaired) electrons. The minimum Gasteiger partial charge on any atom is -0.298 e. The quantitative estimate of drug-likeness (QED) is 0.799. The Bertz CT molecular complexity index is 738. The van der Waals surface area contributed by atoms with Crippen LogP contribution < -0.4 is 0 Å². The van der Waals surface area contributed by atoms with Crippen LogP contribution in [0.5, 0.6) is 0 Å². The maximum absolute atomic E-state index is 12.6. The Morgan fingerprint density at radius 1 is 0.870 bits per heavy atom. The molecular weight excluding hydrogens is 332 g/mol. The van der Waals surface area contributed by atoms with Crippen molar-refractivity contribution < 1.29 is 13.8 Å². The molecule has 3 nitrogen and oxygen atoms in total. The first-order valence-electron chi connectivity index (χ1n) is 7.33. The second-order valence-corrected chi connectivity index (χ2v) is 7.55. The summed E-state index contributed by atoms with van der Waals surface area (Å²) in [6.07, 6.45) is 0.500. The smallest absolute Gasteiger partial charge is 0.156 e. The monoisotopic (exact) mass is 346 g/mol. The Labute approximate surface area is 142 Å². The Hall–Kier alpha value is -1.78. The van der Waals surface area contributed by atoms with Crippen molar-refractivity contribution in [1.82, 2.24) is 0 Å². The van der Waals surface area contributed by atoms with Crippen LogP contribution in [-0.4, -0.2) is 21.0 Å². The summed E-state index contributed by atoms with van der Waals surface area (Å²) in [6, 6.07) is 15.9. The molecule has 0 saturated heterocycles. The molecule has 5 heteroatoms. The normalized spacial score (nSPS) is 22.8. The van der Waals surface area contributed by atoms with E-state index in [-0.39, 0.29) is 30.3 Å². The summed E-state index contributed by atoms with van der Waals surface area (Å²) in [5, 5.41) is -0.535. The molecule has 1 unspecified atom stereocenters. The number of rotatable bonds is 3. The molecule has 1 fully saturated rings. The van der Waals surface area contributed by atoms with Gasteiger partial charge in [0.15, 0.2) is 16.8 Å². The van der Waals surface area contributed by atoms with Gasteiger partial charge in [-0.15, -0.1) is 0 Å². The average Bonchev–Trinajstić information content (AvgIpc) is 2.55. The molecule has 0 amide bonds. The van der Waals surface area contributed by atoms with Crippen LogP contribution in [0.1, 0.15) is 24.3 Å². The van der Waals surface area contributed by atoms with Gasteiger partial charge in [0.25, 0.3) is 0 Å². The minimum atomic E-state index is -1.67. The lowest BCUT2D eigenvalue weighted by Gasteiger charge is -2.26. The molecule has 118 valence electrons. The summed E-state index contributed by atoms with van der Waals surface area (Å²) < 4.78 is 12.6. The number of Topliss-reactive ketones (excluding diaryl/α,β-unsaturated/α-hetero) is 2. The van der Waals surface area contributed by atoms with Gasteiger partial charge in [0.05, 0.1) is 10.8 Å². The van der Waals surface area contributed by atoms with Crippen molar-refractivity contribution >= 4 is 34.0 Å². The standard InChI is InChI=1S/C18H15ClO3S/c19-14-6-8-15(9-7-14)23(22)18-16(20)10-13(11-17(18)21)12-4-2-1-3-5-12/h1-9,13,18H,10-11H2. The molecule has 1 saturated carbocycles. The molecule has 1 aliphatic carbocycles. The fourth-order valence-electron chi connectivity index (χ4n) is 2.86. The molecule has 1 aliphatic rings. The van der Waals surface area contributed by atoms with E-state index in [4.69, 9.17) is 11.6 Å². The highest BCUT2D eigenvalue weighted by atomic mass is 35.5. The van der Waals surface area contributed by atoms with Gasteiger partial charge in [0.1, 0.15) is 0 Å². The molecule has 2 aromatic carbocycles. The van der Waals surface area contributed by atoms with Crippen LogP contribution in [0.3, 0.4) is 0 Å². The van der Waals surface area contributed by atoms with Crippen LogP contribution in [0, 0.1) is 0 Å². The SMILES string of the molecule is O=C1CC(c2ccccc2)CC(=O)C1S(=O)c1ccc(Cl)cc1. The predicted octanol–water partition coefficient (Wildman–Crippen LogP) is 3.53. The zero-order valence-corrected chi connectivity index (χ0v) is 13.8. The number of carbonyl (C=O) groups excluding carboxylic acids is 2. The third kappa shape index (κ3) is 3.43. The van der Waals surface area contributed by atoms with E-state index < -0.39 is 16.0 Å². The third-order valence-corrected chi connectivity index (χ3v) is 5.95. The van der Waals surface area contributed by atoms with Crippen molar-refractivity contribution in [2.75, 3.05) is 0 Å². The summed E-state index contributed by atoms with van der Waals surface area (Å²) in [7, 11) is -1.67. The highest BCUT2D eigenvalue weighted by Gasteiger charge is 2.40. The molecule has 3 rings (SSSR count). The highest BCUT2D eigenvalue weighted by molar-refractivity contribution is 7.87. The van der Waals surface area contributed by atoms with E-state index in [1.165, 1.54) is 0 Å². The molecule has 1 atom stereocenters. The molecule has 23 heavy (non-hydrogen) atoms. The van der Waals surface area contributed by atoms with Crippen LogP contribution in [0.15, 0.2) is 59.5 Å². The fraction of sp³-hybridized carbons (Fsp3) is 0.222. The Balaban J connectivity index is 1.80. The summed E-state index contributed by atoms with van der Waals surface area (Å²) >= 11 is 5.81. The van der Waals surface area contributed by atoms with Gasteiger partial charge in [-0.3, -0.25) is 13.8 Å². The maximum Gasteiger partial charge on any atom is 0.156 e. The molecule has 0 heterocycles. The van der Waals surface area contributed by atoms with E-state index in [0.717, 1.165) is 5.56 Å². The van der Waals surface area contributed by atoms with Crippen molar-refractivity contribution in [2.24, 2.45) is 0 Å². The van der Waals surface area contributed by atoms with E-state index >= 15 is 0 Å². The lowest BCUT2D eigenvalue weighted by molar-refractivity contribution is -0.129. The summed E-state index contributed by atoms with van der Waals surface area (Å²) in [5.74, 6) is -0.610. The van der Waals surface area contributed by atoms with Crippen molar-refractivity contribution in [1.29, 1.82) is 0 Å². The first-order valence-corrected chi connectivity index (χ1v) is 8.92. The first-order chi connectivity index (χ1) is 11.1. The number of carbonyl (C=O) groups is 2. The zero-order valence-electron chi connectivity index (χ0n) is 12.3. The number of benzene rings is 2. The van der Waals surface area contributed by atoms with Crippen LogP contribution in [0.4, 0.5) is 0 Å². The van der Waals surface area contributed by atoms with Gasteiger partial charge in [0.2, 0.25) is 0 Å². The van der Waals surface area contributed by atoms with E-state index in [1.807, 2.05) is 30.3 Å². The summed E-state index contributed by atoms with van der Waals surface area (Å²) in [4.78, 5) is 25.3. The van der Waals surface area contributed by atoms with E-state index in [2.05, 4.69) is 0 Å². The van der Waals surface area contributed by atoms with E-state index in [0.29, 0.717) is 9.92 Å². The van der Waals surface area contributed by atoms with Gasteiger partial charge < -0.3 is 0 Å². The lowest BCUT2D eigenvalue weighted by Crippen LogP contribution is -2.40. The van der Waals surface area contributed by atoms with Crippen LogP contribution in [0.25, 0.3) is 0 Å². The van der Waals surface area contributed by atoms with Gasteiger partial charge in [-0.05, 0) is 35.7 Å². The Morgan fingerprint density at radius 3 is 2.00 bits per heavy atom. The Kier molecular flexibility index (Phi) is 4.74. The summed E-state index contributed by atoms with van der Waals surface area (Å²) in [6.45, 7) is 0. The van der Waals surface area contributed by atoms with Gasteiger partial charge in [-0.1, -0.05) is 41.9 Å². The average molecular weight is 347 g/mol. The summed E-state index contributed by atoms with van der Waals surface area (Å²) in [5.41, 5.74) is 0.977. The second kappa shape index (κ2) is 6.77. The van der Waals surface area contributed by atoms with Gasteiger partial charge in [-0.25, -0.2) is 0 Å². The third-order valence-electron chi connectivity index (χ3n) is 4.01. The molecule has 2 aromatic rings. The fourth-order valence-corrected chi connectivity index (χ4v) is 4.33. The number of hydrogen-bond acceptors (Lipinski definition) is 3. The number of hydrogen-bond donors (Lipinski definition) is 0. The molecule has 0 aliphatic heterocycles. The molecule has 0 N–H and O–H groups in total. The molecule has 0 spiro atoms. The van der Waals surface area contributed by atoms with Crippen LogP contribution in [0.2, 0.25) is 5.02 Å². The highest BCUT2D eigenvalue weighted by Crippen LogP contribution is 2.32. The van der Waals surface area contributed by atoms with Crippen LogP contribution in [-0.2, 0) is 20.4 Å². The first kappa shape index (κ1) is 16.1. The minimum absolute atomic E-state index is 0.116. The molecule has 0 bridgehead atoms. The van der Waals surface area contributed by atoms with E-state index in [9.17, 15) is 13.8 Å². The lowest BCUT2D eigenvalue weighted by atomic mass is 9.82.